The van der Waals surface area contributed by atoms with Crippen molar-refractivity contribution in [3.63, 3.8) is 0 Å². The quantitative estimate of drug-likeness (QED) is 0.576. The normalized spacial score (nSPS) is 20.7. The minimum atomic E-state index is -0.986. The lowest BCUT2D eigenvalue weighted by atomic mass is 9.97. The molecule has 3 aromatic rings. The number of aryl methyl sites for hydroxylation is 1. The Balaban J connectivity index is 1.47. The van der Waals surface area contributed by atoms with Crippen molar-refractivity contribution in [2.45, 2.75) is 45.6 Å². The van der Waals surface area contributed by atoms with Gasteiger partial charge < -0.3 is 9.80 Å². The van der Waals surface area contributed by atoms with Gasteiger partial charge in [0.15, 0.2) is 17.3 Å². The van der Waals surface area contributed by atoms with E-state index in [1.54, 1.807) is 9.42 Å². The van der Waals surface area contributed by atoms with E-state index in [1.807, 2.05) is 19.2 Å². The zero-order chi connectivity index (χ0) is 24.0. The number of carbonyl (C=O) groups is 1. The molecule has 0 saturated carbocycles. The Hall–Kier alpha value is -3.54. The van der Waals surface area contributed by atoms with Crippen molar-refractivity contribution in [2.75, 3.05) is 24.5 Å². The number of nitrogens with zero attached hydrogens (tertiary/aromatic N) is 6. The Morgan fingerprint density at radius 1 is 1.18 bits per heavy atom. The van der Waals surface area contributed by atoms with Crippen molar-refractivity contribution in [3.8, 4) is 6.07 Å². The molecule has 9 heteroatoms. The van der Waals surface area contributed by atoms with Crippen molar-refractivity contribution in [2.24, 2.45) is 5.92 Å². The molecule has 0 bridgehead atoms. The van der Waals surface area contributed by atoms with Gasteiger partial charge in [0, 0.05) is 48.6 Å². The Morgan fingerprint density at radius 2 is 2.00 bits per heavy atom. The Morgan fingerprint density at radius 3 is 2.76 bits per heavy atom. The van der Waals surface area contributed by atoms with E-state index in [2.05, 4.69) is 11.0 Å². The fraction of sp³-hybridized carbons (Fsp3) is 0.440. The highest BCUT2D eigenvalue weighted by molar-refractivity contribution is 5.96. The second-order valence-electron chi connectivity index (χ2n) is 9.22. The number of hydrogen-bond acceptors (Lipinski definition) is 5. The fourth-order valence-corrected chi connectivity index (χ4v) is 5.08. The van der Waals surface area contributed by atoms with Crippen LogP contribution in [-0.2, 0) is 0 Å². The lowest BCUT2D eigenvalue weighted by Gasteiger charge is -2.35. The molecular weight excluding hydrogens is 438 g/mol. The SMILES string of the molecule is Cc1cn2nc(C3CCCCN3C(=O)c3ccc(F)c(F)c3C)cc2nc1N1CCC(C#N)C1. The molecule has 0 aliphatic carbocycles. The number of benzene rings is 1. The maximum atomic E-state index is 14.1. The first-order valence-corrected chi connectivity index (χ1v) is 11.6. The molecule has 2 atom stereocenters. The lowest BCUT2D eigenvalue weighted by molar-refractivity contribution is 0.0604. The molecule has 2 aromatic heterocycles. The standard InChI is InChI=1S/C25H26F2N6O/c1-15-13-33-22(29-24(15)31-10-8-17(12-28)14-31)11-20(30-33)21-5-3-4-9-32(21)25(34)18-6-7-19(26)23(27)16(18)2/h6-7,11,13,17,21H,3-5,8-10,14H2,1-2H3. The van der Waals surface area contributed by atoms with Crippen LogP contribution in [0.3, 0.4) is 0 Å². The Bertz CT molecular complexity index is 1310. The van der Waals surface area contributed by atoms with Crippen LogP contribution in [0.4, 0.5) is 14.6 Å². The van der Waals surface area contributed by atoms with Crippen molar-refractivity contribution >= 4 is 17.4 Å². The number of halogens is 2. The van der Waals surface area contributed by atoms with E-state index >= 15 is 0 Å². The van der Waals surface area contributed by atoms with E-state index in [9.17, 15) is 18.8 Å². The van der Waals surface area contributed by atoms with Crippen LogP contribution in [0.5, 0.6) is 0 Å². The number of hydrogen-bond donors (Lipinski definition) is 0. The smallest absolute Gasteiger partial charge is 0.254 e. The van der Waals surface area contributed by atoms with Gasteiger partial charge in [0.25, 0.3) is 5.91 Å². The Labute approximate surface area is 196 Å². The summed E-state index contributed by atoms with van der Waals surface area (Å²) in [5.74, 6) is -1.39. The van der Waals surface area contributed by atoms with Gasteiger partial charge in [0.05, 0.1) is 23.7 Å². The van der Waals surface area contributed by atoms with E-state index in [0.29, 0.717) is 18.7 Å². The molecule has 0 N–H and O–H groups in total. The molecule has 4 heterocycles. The lowest BCUT2D eigenvalue weighted by Crippen LogP contribution is -2.39. The molecule has 176 valence electrons. The average Bonchev–Trinajstić information content (AvgIpc) is 3.48. The summed E-state index contributed by atoms with van der Waals surface area (Å²) in [6.45, 7) is 5.39. The number of fused-ring (bicyclic) bond motifs is 1. The summed E-state index contributed by atoms with van der Waals surface area (Å²) in [4.78, 5) is 22.1. The minimum Gasteiger partial charge on any atom is -0.355 e. The van der Waals surface area contributed by atoms with Crippen LogP contribution in [0.2, 0.25) is 0 Å². The summed E-state index contributed by atoms with van der Waals surface area (Å²) < 4.78 is 29.5. The first-order chi connectivity index (χ1) is 16.4. The topological polar surface area (TPSA) is 77.5 Å². The zero-order valence-electron chi connectivity index (χ0n) is 19.3. The number of anilines is 1. The molecule has 5 rings (SSSR count). The maximum Gasteiger partial charge on any atom is 0.254 e. The minimum absolute atomic E-state index is 0.0134. The van der Waals surface area contributed by atoms with Gasteiger partial charge in [-0.3, -0.25) is 4.79 Å². The molecule has 0 spiro atoms. The predicted molar refractivity (Wildman–Crippen MR) is 122 cm³/mol. The molecule has 2 unspecified atom stereocenters. The highest BCUT2D eigenvalue weighted by atomic mass is 19.2. The van der Waals surface area contributed by atoms with Gasteiger partial charge in [-0.1, -0.05) is 0 Å². The second kappa shape index (κ2) is 8.67. The van der Waals surface area contributed by atoms with Crippen LogP contribution < -0.4 is 4.90 Å². The van der Waals surface area contributed by atoms with E-state index in [1.165, 1.54) is 13.0 Å². The largest absolute Gasteiger partial charge is 0.355 e. The number of aromatic nitrogens is 3. The third-order valence-electron chi connectivity index (χ3n) is 6.97. The average molecular weight is 465 g/mol. The molecule has 0 radical (unpaired) electrons. The summed E-state index contributed by atoms with van der Waals surface area (Å²) in [6.07, 6.45) is 5.28. The molecule has 1 aromatic carbocycles. The van der Waals surface area contributed by atoms with Crippen LogP contribution in [0.25, 0.3) is 5.65 Å². The zero-order valence-corrected chi connectivity index (χ0v) is 19.3. The first-order valence-electron chi connectivity index (χ1n) is 11.6. The van der Waals surface area contributed by atoms with E-state index in [0.717, 1.165) is 55.4 Å². The second-order valence-corrected chi connectivity index (χ2v) is 9.22. The third-order valence-corrected chi connectivity index (χ3v) is 6.97. The summed E-state index contributed by atoms with van der Waals surface area (Å²) in [5.41, 5.74) is 2.57. The summed E-state index contributed by atoms with van der Waals surface area (Å²) in [6, 6.07) is 6.32. The van der Waals surface area contributed by atoms with Crippen molar-refractivity contribution < 1.29 is 13.6 Å². The van der Waals surface area contributed by atoms with Crippen LogP contribution in [0.15, 0.2) is 24.4 Å². The first kappa shape index (κ1) is 22.3. The van der Waals surface area contributed by atoms with Crippen LogP contribution in [0.1, 0.15) is 58.9 Å². The van der Waals surface area contributed by atoms with Gasteiger partial charge in [-0.25, -0.2) is 18.3 Å². The highest BCUT2D eigenvalue weighted by Crippen LogP contribution is 2.33. The molecule has 2 fully saturated rings. The maximum absolute atomic E-state index is 14.1. The molecule has 2 saturated heterocycles. The number of rotatable bonds is 3. The highest BCUT2D eigenvalue weighted by Gasteiger charge is 2.32. The number of amides is 1. The summed E-state index contributed by atoms with van der Waals surface area (Å²) >= 11 is 0. The van der Waals surface area contributed by atoms with Gasteiger partial charge in [-0.05, 0) is 51.7 Å². The van der Waals surface area contributed by atoms with Gasteiger partial charge in [0.2, 0.25) is 0 Å². The van der Waals surface area contributed by atoms with Crippen LogP contribution in [-0.4, -0.2) is 45.0 Å². The fourth-order valence-electron chi connectivity index (χ4n) is 5.08. The van der Waals surface area contributed by atoms with E-state index in [-0.39, 0.29) is 29.0 Å². The number of piperidine rings is 1. The number of likely N-dealkylation sites (tertiary alicyclic amines) is 1. The van der Waals surface area contributed by atoms with Gasteiger partial charge in [-0.2, -0.15) is 10.4 Å². The molecule has 1 amide bonds. The molecule has 2 aliphatic rings. The third kappa shape index (κ3) is 3.77. The van der Waals surface area contributed by atoms with E-state index < -0.39 is 11.6 Å². The monoisotopic (exact) mass is 464 g/mol. The molecular formula is C25H26F2N6O. The van der Waals surface area contributed by atoms with Gasteiger partial charge >= 0.3 is 0 Å². The summed E-state index contributed by atoms with van der Waals surface area (Å²) in [5, 5.41) is 14.0. The van der Waals surface area contributed by atoms with Crippen LogP contribution >= 0.6 is 0 Å². The van der Waals surface area contributed by atoms with Crippen molar-refractivity contribution in [1.29, 1.82) is 5.26 Å². The molecule has 7 nitrogen and oxygen atoms in total. The van der Waals surface area contributed by atoms with Gasteiger partial charge in [0.1, 0.15) is 5.82 Å². The van der Waals surface area contributed by atoms with E-state index in [4.69, 9.17) is 10.1 Å². The number of nitriles is 1. The molecule has 34 heavy (non-hydrogen) atoms. The van der Waals surface area contributed by atoms with Gasteiger partial charge in [-0.15, -0.1) is 0 Å². The van der Waals surface area contributed by atoms with Crippen molar-refractivity contribution in [3.05, 3.63) is 58.4 Å². The Kier molecular flexibility index (Phi) is 5.68. The van der Waals surface area contributed by atoms with Crippen LogP contribution in [0, 0.1) is 42.7 Å². The summed E-state index contributed by atoms with van der Waals surface area (Å²) in [7, 11) is 0. The number of carbonyl (C=O) groups excluding carboxylic acids is 1. The molecule has 2 aliphatic heterocycles. The van der Waals surface area contributed by atoms with Crippen molar-refractivity contribution in [1.82, 2.24) is 19.5 Å². The predicted octanol–water partition coefficient (Wildman–Crippen LogP) is 4.34.